The average Bonchev–Trinajstić information content (AvgIpc) is 3.06. The van der Waals surface area contributed by atoms with Gasteiger partial charge in [0.05, 0.1) is 12.2 Å². The maximum absolute atomic E-state index is 4.66. The molecule has 20 heavy (non-hydrogen) atoms. The zero-order valence-corrected chi connectivity index (χ0v) is 11.8. The van der Waals surface area contributed by atoms with Gasteiger partial charge in [-0.3, -0.25) is 4.68 Å². The largest absolute Gasteiger partial charge is 0.307 e. The molecule has 0 aliphatic rings. The van der Waals surface area contributed by atoms with Crippen molar-refractivity contribution in [1.82, 2.24) is 24.5 Å². The fraction of sp³-hybridized carbons (Fsp3) is 0.333. The molecule has 0 aromatic carbocycles. The van der Waals surface area contributed by atoms with Crippen molar-refractivity contribution in [3.05, 3.63) is 54.2 Å². The number of aryl methyl sites for hydroxylation is 1. The van der Waals surface area contributed by atoms with E-state index in [1.165, 1.54) is 5.56 Å². The Morgan fingerprint density at radius 3 is 2.95 bits per heavy atom. The second-order valence-corrected chi connectivity index (χ2v) is 5.16. The summed E-state index contributed by atoms with van der Waals surface area (Å²) >= 11 is 0. The first-order valence-corrected chi connectivity index (χ1v) is 6.86. The summed E-state index contributed by atoms with van der Waals surface area (Å²) in [5, 5.41) is 7.70. The predicted octanol–water partition coefficient (Wildman–Crippen LogP) is 2.02. The Balaban J connectivity index is 1.63. The molecule has 3 heterocycles. The van der Waals surface area contributed by atoms with Crippen molar-refractivity contribution in [3.63, 3.8) is 0 Å². The molecule has 0 saturated heterocycles. The minimum atomic E-state index is 0.348. The molecule has 0 amide bonds. The van der Waals surface area contributed by atoms with Gasteiger partial charge >= 0.3 is 0 Å². The highest BCUT2D eigenvalue weighted by molar-refractivity contribution is 5.47. The van der Waals surface area contributed by atoms with E-state index < -0.39 is 0 Å². The van der Waals surface area contributed by atoms with Crippen LogP contribution in [-0.4, -0.2) is 25.2 Å². The molecule has 3 aromatic heterocycles. The van der Waals surface area contributed by atoms with E-state index in [-0.39, 0.29) is 0 Å². The molecule has 0 spiro atoms. The van der Waals surface area contributed by atoms with E-state index >= 15 is 0 Å². The van der Waals surface area contributed by atoms with Crippen LogP contribution in [0.25, 0.3) is 5.65 Å². The van der Waals surface area contributed by atoms with Gasteiger partial charge in [0.25, 0.3) is 0 Å². The topological polar surface area (TPSA) is 47.1 Å². The maximum Gasteiger partial charge on any atom is 0.139 e. The van der Waals surface area contributed by atoms with Crippen LogP contribution in [0.5, 0.6) is 0 Å². The molecule has 5 heteroatoms. The SMILES string of the molecule is Cc1cccn2cc(CN[C@H](C)Cn3cccn3)nc12. The van der Waals surface area contributed by atoms with Crippen molar-refractivity contribution in [2.75, 3.05) is 0 Å². The number of aromatic nitrogens is 4. The van der Waals surface area contributed by atoms with E-state index in [4.69, 9.17) is 0 Å². The Morgan fingerprint density at radius 1 is 1.30 bits per heavy atom. The Bertz CT molecular complexity index is 683. The molecule has 5 nitrogen and oxygen atoms in total. The zero-order valence-electron chi connectivity index (χ0n) is 11.8. The third kappa shape index (κ3) is 2.72. The normalized spacial score (nSPS) is 12.9. The maximum atomic E-state index is 4.66. The van der Waals surface area contributed by atoms with Crippen molar-refractivity contribution in [3.8, 4) is 0 Å². The number of hydrogen-bond donors (Lipinski definition) is 1. The molecule has 0 radical (unpaired) electrons. The summed E-state index contributed by atoms with van der Waals surface area (Å²) in [6.45, 7) is 5.87. The smallest absolute Gasteiger partial charge is 0.139 e. The molecule has 3 rings (SSSR count). The number of hydrogen-bond acceptors (Lipinski definition) is 3. The summed E-state index contributed by atoms with van der Waals surface area (Å²) in [5.41, 5.74) is 3.29. The highest BCUT2D eigenvalue weighted by atomic mass is 15.3. The van der Waals surface area contributed by atoms with E-state index in [0.29, 0.717) is 6.04 Å². The van der Waals surface area contributed by atoms with Gasteiger partial charge in [0, 0.05) is 37.4 Å². The lowest BCUT2D eigenvalue weighted by molar-refractivity contribution is 0.449. The van der Waals surface area contributed by atoms with Crippen molar-refractivity contribution < 1.29 is 0 Å². The molecule has 0 saturated carbocycles. The average molecular weight is 269 g/mol. The third-order valence-electron chi connectivity index (χ3n) is 3.38. The lowest BCUT2D eigenvalue weighted by Gasteiger charge is -2.12. The van der Waals surface area contributed by atoms with Crippen LogP contribution < -0.4 is 5.32 Å². The van der Waals surface area contributed by atoms with Gasteiger partial charge in [0.1, 0.15) is 5.65 Å². The minimum Gasteiger partial charge on any atom is -0.307 e. The molecular formula is C15H19N5. The number of fused-ring (bicyclic) bond motifs is 1. The van der Waals surface area contributed by atoms with Crippen LogP contribution >= 0.6 is 0 Å². The first-order chi connectivity index (χ1) is 9.72. The summed E-state index contributed by atoms with van der Waals surface area (Å²) < 4.78 is 4.01. The molecular weight excluding hydrogens is 250 g/mol. The molecule has 104 valence electrons. The second-order valence-electron chi connectivity index (χ2n) is 5.16. The third-order valence-corrected chi connectivity index (χ3v) is 3.38. The van der Waals surface area contributed by atoms with Crippen LogP contribution in [0.4, 0.5) is 0 Å². The number of rotatable bonds is 5. The molecule has 0 bridgehead atoms. The first kappa shape index (κ1) is 12.9. The van der Waals surface area contributed by atoms with Gasteiger partial charge in [-0.2, -0.15) is 5.10 Å². The van der Waals surface area contributed by atoms with Crippen molar-refractivity contribution >= 4 is 5.65 Å². The first-order valence-electron chi connectivity index (χ1n) is 6.86. The van der Waals surface area contributed by atoms with E-state index in [0.717, 1.165) is 24.4 Å². The summed E-state index contributed by atoms with van der Waals surface area (Å²) in [5.74, 6) is 0. The Kier molecular flexibility index (Phi) is 3.52. The van der Waals surface area contributed by atoms with Gasteiger partial charge in [-0.25, -0.2) is 4.98 Å². The molecule has 0 aliphatic carbocycles. The predicted molar refractivity (Wildman–Crippen MR) is 78.5 cm³/mol. The standard InChI is InChI=1S/C15H19N5/c1-12-5-3-7-19-11-14(18-15(12)19)9-16-13(2)10-20-8-4-6-17-20/h3-8,11,13,16H,9-10H2,1-2H3/t13-/m1/s1. The Hall–Kier alpha value is -2.14. The van der Waals surface area contributed by atoms with Crippen molar-refractivity contribution in [2.24, 2.45) is 0 Å². The van der Waals surface area contributed by atoms with Gasteiger partial charge in [-0.15, -0.1) is 0 Å². The highest BCUT2D eigenvalue weighted by Crippen LogP contribution is 2.09. The summed E-state index contributed by atoms with van der Waals surface area (Å²) in [7, 11) is 0. The van der Waals surface area contributed by atoms with E-state index in [1.807, 2.05) is 29.2 Å². The molecule has 0 fully saturated rings. The van der Waals surface area contributed by atoms with Crippen molar-refractivity contribution in [1.29, 1.82) is 0 Å². The fourth-order valence-electron chi connectivity index (χ4n) is 2.32. The number of nitrogens with one attached hydrogen (secondary N) is 1. The fourth-order valence-corrected chi connectivity index (χ4v) is 2.32. The highest BCUT2D eigenvalue weighted by Gasteiger charge is 2.06. The monoisotopic (exact) mass is 269 g/mol. The summed E-state index contributed by atoms with van der Waals surface area (Å²) in [6, 6.07) is 6.42. The van der Waals surface area contributed by atoms with Crippen molar-refractivity contribution in [2.45, 2.75) is 33.0 Å². The van der Waals surface area contributed by atoms with Crippen LogP contribution in [0.1, 0.15) is 18.2 Å². The number of pyridine rings is 1. The van der Waals surface area contributed by atoms with Crippen LogP contribution in [0.15, 0.2) is 43.0 Å². The molecule has 0 unspecified atom stereocenters. The molecule has 0 aliphatic heterocycles. The van der Waals surface area contributed by atoms with Gasteiger partial charge in [-0.05, 0) is 31.5 Å². The lowest BCUT2D eigenvalue weighted by atomic mass is 10.3. The van der Waals surface area contributed by atoms with Crippen LogP contribution in [0, 0.1) is 6.92 Å². The van der Waals surface area contributed by atoms with Crippen LogP contribution in [0.3, 0.4) is 0 Å². The Morgan fingerprint density at radius 2 is 2.20 bits per heavy atom. The number of nitrogens with zero attached hydrogens (tertiary/aromatic N) is 4. The van der Waals surface area contributed by atoms with E-state index in [9.17, 15) is 0 Å². The molecule has 1 atom stereocenters. The lowest BCUT2D eigenvalue weighted by Crippen LogP contribution is -2.30. The molecule has 1 N–H and O–H groups in total. The van der Waals surface area contributed by atoms with Gasteiger partial charge in [0.2, 0.25) is 0 Å². The molecule has 3 aromatic rings. The minimum absolute atomic E-state index is 0.348. The van der Waals surface area contributed by atoms with Crippen LogP contribution in [-0.2, 0) is 13.1 Å². The van der Waals surface area contributed by atoms with E-state index in [1.54, 1.807) is 6.20 Å². The number of imidazole rings is 1. The second kappa shape index (κ2) is 5.46. The zero-order chi connectivity index (χ0) is 13.9. The van der Waals surface area contributed by atoms with E-state index in [2.05, 4.69) is 45.9 Å². The van der Waals surface area contributed by atoms with Crippen LogP contribution in [0.2, 0.25) is 0 Å². The summed E-state index contributed by atoms with van der Waals surface area (Å²) in [6.07, 6.45) is 7.89. The quantitative estimate of drug-likeness (QED) is 0.771. The van der Waals surface area contributed by atoms with Gasteiger partial charge in [-0.1, -0.05) is 6.07 Å². The van der Waals surface area contributed by atoms with Gasteiger partial charge in [0.15, 0.2) is 0 Å². The van der Waals surface area contributed by atoms with Gasteiger partial charge < -0.3 is 9.72 Å². The Labute approximate surface area is 118 Å². The summed E-state index contributed by atoms with van der Waals surface area (Å²) in [4.78, 5) is 4.66.